The minimum absolute atomic E-state index is 0.00968. The number of morpholine rings is 1. The van der Waals surface area contributed by atoms with Crippen molar-refractivity contribution in [2.24, 2.45) is 0 Å². The predicted molar refractivity (Wildman–Crippen MR) is 84.3 cm³/mol. The molecule has 1 heterocycles. The van der Waals surface area contributed by atoms with Gasteiger partial charge in [0.1, 0.15) is 5.82 Å². The first-order chi connectivity index (χ1) is 10.2. The van der Waals surface area contributed by atoms with E-state index in [9.17, 15) is 4.39 Å². The minimum Gasteiger partial charge on any atom is -0.374 e. The van der Waals surface area contributed by atoms with Gasteiger partial charge >= 0.3 is 0 Å². The van der Waals surface area contributed by atoms with Crippen LogP contribution in [0.2, 0.25) is 5.02 Å². The highest BCUT2D eigenvalue weighted by Crippen LogP contribution is 2.29. The summed E-state index contributed by atoms with van der Waals surface area (Å²) in [6.07, 6.45) is 1.11. The second-order valence-corrected chi connectivity index (χ2v) is 5.82. The third-order valence-corrected chi connectivity index (χ3v) is 4.15. The van der Waals surface area contributed by atoms with E-state index in [0.29, 0.717) is 11.6 Å². The van der Waals surface area contributed by atoms with Crippen molar-refractivity contribution in [3.63, 3.8) is 0 Å². The number of hydrogen-bond acceptors (Lipinski definition) is 3. The summed E-state index contributed by atoms with van der Waals surface area (Å²) < 4.78 is 19.5. The molecule has 118 valence electrons. The van der Waals surface area contributed by atoms with Crippen LogP contribution in [-0.4, -0.2) is 43.8 Å². The van der Waals surface area contributed by atoms with E-state index in [-0.39, 0.29) is 18.0 Å². The second kappa shape index (κ2) is 8.08. The molecule has 0 aliphatic carbocycles. The fraction of sp³-hybridized carbons (Fsp3) is 0.625. The number of benzene rings is 1. The average molecular weight is 315 g/mol. The van der Waals surface area contributed by atoms with Crippen LogP contribution in [0, 0.1) is 5.82 Å². The zero-order chi connectivity index (χ0) is 15.2. The van der Waals surface area contributed by atoms with Crippen molar-refractivity contribution in [1.82, 2.24) is 10.2 Å². The molecule has 1 aromatic rings. The fourth-order valence-corrected chi connectivity index (χ4v) is 3.10. The number of ether oxygens (including phenoxy) is 1. The summed E-state index contributed by atoms with van der Waals surface area (Å²) in [5.41, 5.74) is 0.780. The second-order valence-electron chi connectivity index (χ2n) is 5.41. The molecule has 21 heavy (non-hydrogen) atoms. The number of rotatable bonds is 6. The van der Waals surface area contributed by atoms with Crippen molar-refractivity contribution in [2.45, 2.75) is 32.4 Å². The molecule has 3 nitrogen and oxygen atoms in total. The summed E-state index contributed by atoms with van der Waals surface area (Å²) >= 11 is 6.27. The van der Waals surface area contributed by atoms with Gasteiger partial charge in [0.25, 0.3) is 0 Å². The first-order valence-electron chi connectivity index (χ1n) is 7.68. The average Bonchev–Trinajstić information content (AvgIpc) is 2.48. The molecule has 0 spiro atoms. The van der Waals surface area contributed by atoms with E-state index in [0.717, 1.165) is 38.2 Å². The summed E-state index contributed by atoms with van der Waals surface area (Å²) in [4.78, 5) is 2.39. The lowest BCUT2D eigenvalue weighted by Crippen LogP contribution is -2.48. The Balaban J connectivity index is 2.19. The topological polar surface area (TPSA) is 24.5 Å². The summed E-state index contributed by atoms with van der Waals surface area (Å²) in [5.74, 6) is -0.265. The van der Waals surface area contributed by atoms with Gasteiger partial charge < -0.3 is 10.1 Å². The first-order valence-corrected chi connectivity index (χ1v) is 8.05. The maximum Gasteiger partial charge on any atom is 0.123 e. The first kappa shape index (κ1) is 16.7. The molecule has 0 radical (unpaired) electrons. The Morgan fingerprint density at radius 1 is 1.48 bits per heavy atom. The highest BCUT2D eigenvalue weighted by molar-refractivity contribution is 6.31. The molecule has 1 N–H and O–H groups in total. The van der Waals surface area contributed by atoms with Crippen molar-refractivity contribution in [1.29, 1.82) is 0 Å². The Morgan fingerprint density at radius 2 is 2.29 bits per heavy atom. The van der Waals surface area contributed by atoms with E-state index in [1.54, 1.807) is 6.07 Å². The highest BCUT2D eigenvalue weighted by Gasteiger charge is 2.30. The Bertz CT molecular complexity index is 456. The third kappa shape index (κ3) is 4.39. The molecule has 0 bridgehead atoms. The number of halogens is 2. The molecule has 1 aliphatic heterocycles. The van der Waals surface area contributed by atoms with Crippen LogP contribution in [-0.2, 0) is 4.74 Å². The van der Waals surface area contributed by atoms with Gasteiger partial charge in [-0.1, -0.05) is 25.4 Å². The van der Waals surface area contributed by atoms with Crippen LogP contribution in [0.1, 0.15) is 31.9 Å². The Morgan fingerprint density at radius 3 is 3.00 bits per heavy atom. The zero-order valence-corrected chi connectivity index (χ0v) is 13.5. The summed E-state index contributed by atoms with van der Waals surface area (Å²) in [6, 6.07) is 4.43. The van der Waals surface area contributed by atoms with E-state index in [1.807, 2.05) is 6.92 Å². The molecule has 2 rings (SSSR count). The van der Waals surface area contributed by atoms with Gasteiger partial charge in [-0.05, 0) is 43.3 Å². The van der Waals surface area contributed by atoms with Gasteiger partial charge in [-0.3, -0.25) is 4.90 Å². The SMILES string of the molecule is CCCN1CCOC(C(NCC)c2cc(F)ccc2Cl)C1. The van der Waals surface area contributed by atoms with E-state index in [4.69, 9.17) is 16.3 Å². The maximum absolute atomic E-state index is 13.6. The van der Waals surface area contributed by atoms with Crippen LogP contribution in [0.3, 0.4) is 0 Å². The van der Waals surface area contributed by atoms with Crippen LogP contribution < -0.4 is 5.32 Å². The van der Waals surface area contributed by atoms with Crippen LogP contribution >= 0.6 is 11.6 Å². The van der Waals surface area contributed by atoms with Crippen molar-refractivity contribution in [3.8, 4) is 0 Å². The van der Waals surface area contributed by atoms with Crippen LogP contribution in [0.15, 0.2) is 18.2 Å². The van der Waals surface area contributed by atoms with E-state index >= 15 is 0 Å². The maximum atomic E-state index is 13.6. The van der Waals surface area contributed by atoms with E-state index < -0.39 is 0 Å². The summed E-state index contributed by atoms with van der Waals surface area (Å²) in [7, 11) is 0. The monoisotopic (exact) mass is 314 g/mol. The predicted octanol–water partition coefficient (Wildman–Crippen LogP) is 3.24. The largest absolute Gasteiger partial charge is 0.374 e. The summed E-state index contributed by atoms with van der Waals surface area (Å²) in [6.45, 7) is 8.57. The zero-order valence-electron chi connectivity index (χ0n) is 12.7. The van der Waals surface area contributed by atoms with Crippen LogP contribution in [0.4, 0.5) is 4.39 Å². The number of hydrogen-bond donors (Lipinski definition) is 1. The van der Waals surface area contributed by atoms with Gasteiger partial charge in [0.2, 0.25) is 0 Å². The fourth-order valence-electron chi connectivity index (χ4n) is 2.87. The normalized spacial score (nSPS) is 21.4. The number of nitrogens with one attached hydrogen (secondary N) is 1. The molecule has 2 atom stereocenters. The number of likely N-dealkylation sites (N-methyl/N-ethyl adjacent to an activating group) is 1. The molecule has 1 saturated heterocycles. The molecule has 1 fully saturated rings. The third-order valence-electron chi connectivity index (χ3n) is 3.81. The van der Waals surface area contributed by atoms with E-state index in [1.165, 1.54) is 12.1 Å². The number of nitrogens with zero attached hydrogens (tertiary/aromatic N) is 1. The Labute approximate surface area is 131 Å². The molecule has 0 amide bonds. The molecule has 2 unspecified atom stereocenters. The van der Waals surface area contributed by atoms with Crippen molar-refractivity contribution in [3.05, 3.63) is 34.6 Å². The van der Waals surface area contributed by atoms with Gasteiger partial charge in [-0.25, -0.2) is 4.39 Å². The van der Waals surface area contributed by atoms with Gasteiger partial charge in [0.15, 0.2) is 0 Å². The van der Waals surface area contributed by atoms with Crippen LogP contribution in [0.25, 0.3) is 0 Å². The molecule has 0 saturated carbocycles. The minimum atomic E-state index is -0.265. The van der Waals surface area contributed by atoms with Crippen molar-refractivity contribution < 1.29 is 9.13 Å². The standard InChI is InChI=1S/C16H24ClFN2O/c1-3-7-20-8-9-21-15(11-20)16(19-4-2)13-10-12(18)5-6-14(13)17/h5-6,10,15-16,19H,3-4,7-9,11H2,1-2H3. The van der Waals surface area contributed by atoms with Gasteiger partial charge in [-0.2, -0.15) is 0 Å². The molecular weight excluding hydrogens is 291 g/mol. The van der Waals surface area contributed by atoms with Gasteiger partial charge in [-0.15, -0.1) is 0 Å². The van der Waals surface area contributed by atoms with Crippen molar-refractivity contribution in [2.75, 3.05) is 32.8 Å². The quantitative estimate of drug-likeness (QED) is 0.872. The van der Waals surface area contributed by atoms with E-state index in [2.05, 4.69) is 17.1 Å². The lowest BCUT2D eigenvalue weighted by Gasteiger charge is -2.37. The molecular formula is C16H24ClFN2O. The Hall–Kier alpha value is -0.680. The Kier molecular flexibility index (Phi) is 6.42. The smallest absolute Gasteiger partial charge is 0.123 e. The molecule has 0 aromatic heterocycles. The lowest BCUT2D eigenvalue weighted by atomic mass is 9.99. The molecule has 5 heteroatoms. The van der Waals surface area contributed by atoms with Crippen LogP contribution in [0.5, 0.6) is 0 Å². The van der Waals surface area contributed by atoms with Crippen molar-refractivity contribution >= 4 is 11.6 Å². The summed E-state index contributed by atoms with van der Waals surface area (Å²) in [5, 5.41) is 3.98. The lowest BCUT2D eigenvalue weighted by molar-refractivity contribution is -0.0468. The van der Waals surface area contributed by atoms with Gasteiger partial charge in [0.05, 0.1) is 18.8 Å². The molecule has 1 aliphatic rings. The van der Waals surface area contributed by atoms with Gasteiger partial charge in [0, 0.05) is 18.1 Å². The highest BCUT2D eigenvalue weighted by atomic mass is 35.5. The molecule has 1 aromatic carbocycles.